The van der Waals surface area contributed by atoms with Gasteiger partial charge in [0.05, 0.1) is 21.5 Å². The third-order valence-corrected chi connectivity index (χ3v) is 6.23. The second-order valence-corrected chi connectivity index (χ2v) is 8.50. The molecule has 5 rings (SSSR count). The van der Waals surface area contributed by atoms with Gasteiger partial charge in [0.1, 0.15) is 11.6 Å². The zero-order chi connectivity index (χ0) is 22.6. The SMILES string of the molecule is Cc1ccc(C(=O)c2c(O)c(O)n(-c3nc4cc(Cl)ccc4s3)c2-c2ccccc2F)o1. The van der Waals surface area contributed by atoms with E-state index in [4.69, 9.17) is 16.0 Å². The minimum atomic E-state index is -0.702. The lowest BCUT2D eigenvalue weighted by Gasteiger charge is -2.09. The molecule has 0 aliphatic rings. The maximum atomic E-state index is 14.9. The number of hydrogen-bond acceptors (Lipinski definition) is 6. The molecule has 0 bridgehead atoms. The van der Waals surface area contributed by atoms with E-state index < -0.39 is 23.2 Å². The van der Waals surface area contributed by atoms with Crippen molar-refractivity contribution < 1.29 is 23.8 Å². The van der Waals surface area contributed by atoms with E-state index in [0.29, 0.717) is 16.3 Å². The first-order chi connectivity index (χ1) is 15.3. The number of carbonyl (C=O) groups is 1. The summed E-state index contributed by atoms with van der Waals surface area (Å²) in [7, 11) is 0. The Balaban J connectivity index is 1.84. The number of aromatic nitrogens is 2. The molecule has 0 saturated heterocycles. The van der Waals surface area contributed by atoms with Crippen LogP contribution in [0.15, 0.2) is 59.0 Å². The summed E-state index contributed by atoms with van der Waals surface area (Å²) in [5.74, 6) is -2.23. The van der Waals surface area contributed by atoms with E-state index in [9.17, 15) is 19.4 Å². The maximum Gasteiger partial charge on any atom is 0.242 e. The van der Waals surface area contributed by atoms with Crippen LogP contribution in [0.4, 0.5) is 4.39 Å². The fourth-order valence-electron chi connectivity index (χ4n) is 3.52. The summed E-state index contributed by atoms with van der Waals surface area (Å²) in [6, 6.07) is 13.9. The van der Waals surface area contributed by atoms with E-state index in [1.807, 2.05) is 0 Å². The highest BCUT2D eigenvalue weighted by Gasteiger charge is 2.33. The van der Waals surface area contributed by atoms with Crippen molar-refractivity contribution in [2.24, 2.45) is 0 Å². The number of carbonyl (C=O) groups excluding carboxylic acids is 1. The monoisotopic (exact) mass is 468 g/mol. The van der Waals surface area contributed by atoms with Crippen LogP contribution in [0.5, 0.6) is 11.6 Å². The Labute approximate surface area is 189 Å². The van der Waals surface area contributed by atoms with Gasteiger partial charge < -0.3 is 14.6 Å². The number of rotatable bonds is 4. The lowest BCUT2D eigenvalue weighted by molar-refractivity contribution is 0.101. The highest BCUT2D eigenvalue weighted by atomic mass is 35.5. The normalized spacial score (nSPS) is 11.3. The number of aromatic hydroxyl groups is 2. The fourth-order valence-corrected chi connectivity index (χ4v) is 4.64. The Bertz CT molecular complexity index is 1520. The molecule has 0 unspecified atom stereocenters. The van der Waals surface area contributed by atoms with Crippen molar-refractivity contribution >= 4 is 38.9 Å². The number of halogens is 2. The summed E-state index contributed by atoms with van der Waals surface area (Å²) in [6.07, 6.45) is 0. The van der Waals surface area contributed by atoms with Crippen LogP contribution in [0.3, 0.4) is 0 Å². The first kappa shape index (κ1) is 20.3. The molecule has 0 radical (unpaired) electrons. The van der Waals surface area contributed by atoms with Crippen molar-refractivity contribution in [3.05, 3.63) is 82.5 Å². The van der Waals surface area contributed by atoms with Gasteiger partial charge in [-0.1, -0.05) is 35.1 Å². The standard InChI is InChI=1S/C23H14ClFN2O4S/c1-11-6-8-16(31-11)20(28)18-19(13-4-2-3-5-14(13)25)27(22(30)21(18)29)23-26-15-10-12(24)7-9-17(15)32-23/h2-10,29-30H,1H3. The van der Waals surface area contributed by atoms with Gasteiger partial charge in [-0.2, -0.15) is 0 Å². The molecule has 0 atom stereocenters. The van der Waals surface area contributed by atoms with Crippen molar-refractivity contribution in [3.63, 3.8) is 0 Å². The molecule has 3 heterocycles. The molecule has 3 aromatic heterocycles. The Hall–Kier alpha value is -3.62. The topological polar surface area (TPSA) is 88.5 Å². The summed E-state index contributed by atoms with van der Waals surface area (Å²) in [4.78, 5) is 17.7. The molecule has 160 valence electrons. The van der Waals surface area contributed by atoms with E-state index >= 15 is 0 Å². The first-order valence-corrected chi connectivity index (χ1v) is 10.6. The van der Waals surface area contributed by atoms with Crippen LogP contribution in [0.2, 0.25) is 5.02 Å². The van der Waals surface area contributed by atoms with Gasteiger partial charge in [-0.3, -0.25) is 9.36 Å². The molecule has 6 nitrogen and oxygen atoms in total. The summed E-state index contributed by atoms with van der Waals surface area (Å²) in [5, 5.41) is 22.3. The van der Waals surface area contributed by atoms with E-state index in [1.54, 1.807) is 37.3 Å². The minimum Gasteiger partial charge on any atom is -0.503 e. The number of hydrogen-bond donors (Lipinski definition) is 2. The van der Waals surface area contributed by atoms with Crippen LogP contribution >= 0.6 is 22.9 Å². The first-order valence-electron chi connectivity index (χ1n) is 9.44. The van der Waals surface area contributed by atoms with Gasteiger partial charge in [-0.25, -0.2) is 9.37 Å². The number of thiazole rings is 1. The van der Waals surface area contributed by atoms with Crippen molar-refractivity contribution in [2.45, 2.75) is 6.92 Å². The molecule has 0 spiro atoms. The lowest BCUT2D eigenvalue weighted by atomic mass is 10.0. The average Bonchev–Trinajstić information content (AvgIpc) is 3.44. The number of ketones is 1. The highest BCUT2D eigenvalue weighted by molar-refractivity contribution is 7.20. The second-order valence-electron chi connectivity index (χ2n) is 7.06. The van der Waals surface area contributed by atoms with Crippen LogP contribution in [0.1, 0.15) is 21.9 Å². The van der Waals surface area contributed by atoms with Gasteiger partial charge in [0.2, 0.25) is 11.7 Å². The Kier molecular flexibility index (Phi) is 4.76. The quantitative estimate of drug-likeness (QED) is 0.311. The minimum absolute atomic E-state index is 0.00650. The van der Waals surface area contributed by atoms with Gasteiger partial charge in [0.25, 0.3) is 0 Å². The van der Waals surface area contributed by atoms with Crippen LogP contribution in [0.25, 0.3) is 26.6 Å². The summed E-state index contributed by atoms with van der Waals surface area (Å²) in [6.45, 7) is 1.67. The highest BCUT2D eigenvalue weighted by Crippen LogP contribution is 2.46. The Morgan fingerprint density at radius 2 is 1.94 bits per heavy atom. The number of fused-ring (bicyclic) bond motifs is 1. The Morgan fingerprint density at radius 3 is 2.66 bits per heavy atom. The molecule has 2 aromatic carbocycles. The average molecular weight is 469 g/mol. The van der Waals surface area contributed by atoms with Crippen molar-refractivity contribution in [2.75, 3.05) is 0 Å². The molecule has 9 heteroatoms. The van der Waals surface area contributed by atoms with E-state index in [-0.39, 0.29) is 27.7 Å². The van der Waals surface area contributed by atoms with Gasteiger partial charge in [0, 0.05) is 10.6 Å². The summed E-state index contributed by atoms with van der Waals surface area (Å²) < 4.78 is 22.2. The molecular weight excluding hydrogens is 455 g/mol. The summed E-state index contributed by atoms with van der Waals surface area (Å²) in [5.41, 5.74) is 0.229. The van der Waals surface area contributed by atoms with E-state index in [2.05, 4.69) is 4.98 Å². The smallest absolute Gasteiger partial charge is 0.242 e. The van der Waals surface area contributed by atoms with Crippen LogP contribution in [-0.4, -0.2) is 25.5 Å². The van der Waals surface area contributed by atoms with Gasteiger partial charge in [0.15, 0.2) is 16.6 Å². The summed E-state index contributed by atoms with van der Waals surface area (Å²) >= 11 is 7.24. The van der Waals surface area contributed by atoms with Gasteiger partial charge in [-0.05, 0) is 49.4 Å². The number of nitrogens with zero attached hydrogens (tertiary/aromatic N) is 2. The molecule has 2 N–H and O–H groups in total. The van der Waals surface area contributed by atoms with Crippen LogP contribution in [-0.2, 0) is 0 Å². The number of furan rings is 1. The van der Waals surface area contributed by atoms with E-state index in [0.717, 1.165) is 9.27 Å². The largest absolute Gasteiger partial charge is 0.503 e. The second kappa shape index (κ2) is 7.51. The Morgan fingerprint density at radius 1 is 1.16 bits per heavy atom. The molecule has 0 aliphatic heterocycles. The number of benzene rings is 2. The van der Waals surface area contributed by atoms with Crippen molar-refractivity contribution in [1.82, 2.24) is 9.55 Å². The zero-order valence-corrected chi connectivity index (χ0v) is 18.0. The maximum absolute atomic E-state index is 14.9. The predicted octanol–water partition coefficient (Wildman–Crippen LogP) is 6.09. The molecule has 0 aliphatic carbocycles. The third kappa shape index (κ3) is 3.16. The lowest BCUT2D eigenvalue weighted by Crippen LogP contribution is -2.05. The molecule has 0 amide bonds. The zero-order valence-electron chi connectivity index (χ0n) is 16.5. The molecule has 0 saturated carbocycles. The van der Waals surface area contributed by atoms with Gasteiger partial charge in [-0.15, -0.1) is 0 Å². The predicted molar refractivity (Wildman–Crippen MR) is 120 cm³/mol. The van der Waals surface area contributed by atoms with E-state index in [1.165, 1.54) is 35.6 Å². The van der Waals surface area contributed by atoms with Crippen LogP contribution in [0, 0.1) is 12.7 Å². The number of aryl methyl sites for hydroxylation is 1. The van der Waals surface area contributed by atoms with Crippen molar-refractivity contribution in [1.29, 1.82) is 0 Å². The van der Waals surface area contributed by atoms with Crippen LogP contribution < -0.4 is 0 Å². The van der Waals surface area contributed by atoms with Gasteiger partial charge >= 0.3 is 0 Å². The van der Waals surface area contributed by atoms with Crippen molar-refractivity contribution in [3.8, 4) is 28.0 Å². The molecular formula is C23H14ClFN2O4S. The molecule has 0 fully saturated rings. The molecule has 5 aromatic rings. The molecule has 32 heavy (non-hydrogen) atoms. The third-order valence-electron chi connectivity index (χ3n) is 4.97. The fraction of sp³-hybridized carbons (Fsp3) is 0.0435.